The molecule has 0 bridgehead atoms. The average Bonchev–Trinajstić information content (AvgIpc) is 2.85. The Morgan fingerprint density at radius 1 is 1.33 bits per heavy atom. The molecule has 0 N–H and O–H groups in total. The second-order valence-electron chi connectivity index (χ2n) is 4.44. The van der Waals surface area contributed by atoms with Gasteiger partial charge < -0.3 is 9.15 Å². The van der Waals surface area contributed by atoms with Crippen LogP contribution < -0.4 is 0 Å². The molecular weight excluding hydrogens is 232 g/mol. The number of carbonyl (C=O) groups is 1. The Labute approximate surface area is 107 Å². The van der Waals surface area contributed by atoms with Crippen molar-refractivity contribution in [2.45, 2.75) is 13.5 Å². The number of ether oxygens (including phenoxy) is 1. The van der Waals surface area contributed by atoms with Gasteiger partial charge in [0.25, 0.3) is 0 Å². The predicted octanol–water partition coefficient (Wildman–Crippen LogP) is 0.960. The van der Waals surface area contributed by atoms with Gasteiger partial charge in [-0.1, -0.05) is 0 Å². The van der Waals surface area contributed by atoms with Gasteiger partial charge in [-0.2, -0.15) is 0 Å². The van der Waals surface area contributed by atoms with Gasteiger partial charge in [-0.05, 0) is 19.1 Å². The molecular formula is C13H20N2O3. The summed E-state index contributed by atoms with van der Waals surface area (Å²) < 4.78 is 10.3. The maximum Gasteiger partial charge on any atom is 0.320 e. The molecule has 1 aromatic rings. The van der Waals surface area contributed by atoms with Gasteiger partial charge in [0.2, 0.25) is 0 Å². The molecule has 1 saturated heterocycles. The number of esters is 1. The van der Waals surface area contributed by atoms with Crippen molar-refractivity contribution in [1.29, 1.82) is 0 Å². The highest BCUT2D eigenvalue weighted by Crippen LogP contribution is 2.08. The van der Waals surface area contributed by atoms with Gasteiger partial charge >= 0.3 is 5.97 Å². The minimum Gasteiger partial charge on any atom is -0.468 e. The second-order valence-corrected chi connectivity index (χ2v) is 4.44. The van der Waals surface area contributed by atoms with E-state index in [-0.39, 0.29) is 5.97 Å². The Morgan fingerprint density at radius 3 is 2.67 bits per heavy atom. The highest BCUT2D eigenvalue weighted by Gasteiger charge is 2.19. The smallest absolute Gasteiger partial charge is 0.320 e. The highest BCUT2D eigenvalue weighted by atomic mass is 16.5. The van der Waals surface area contributed by atoms with Crippen molar-refractivity contribution in [3.63, 3.8) is 0 Å². The van der Waals surface area contributed by atoms with Crippen LogP contribution in [0.2, 0.25) is 0 Å². The van der Waals surface area contributed by atoms with Crippen LogP contribution >= 0.6 is 0 Å². The zero-order chi connectivity index (χ0) is 12.8. The summed E-state index contributed by atoms with van der Waals surface area (Å²) in [6, 6.07) is 3.90. The summed E-state index contributed by atoms with van der Waals surface area (Å²) >= 11 is 0. The minimum absolute atomic E-state index is 0.128. The predicted molar refractivity (Wildman–Crippen MR) is 67.1 cm³/mol. The van der Waals surface area contributed by atoms with E-state index >= 15 is 0 Å². The van der Waals surface area contributed by atoms with E-state index in [9.17, 15) is 4.79 Å². The van der Waals surface area contributed by atoms with Gasteiger partial charge in [0.15, 0.2) is 0 Å². The van der Waals surface area contributed by atoms with Crippen molar-refractivity contribution >= 4 is 5.97 Å². The fourth-order valence-corrected chi connectivity index (χ4v) is 2.12. The molecule has 0 saturated carbocycles. The van der Waals surface area contributed by atoms with Gasteiger partial charge in [0.05, 0.1) is 26.0 Å². The van der Waals surface area contributed by atoms with Crippen LogP contribution in [0.1, 0.15) is 12.7 Å². The number of hydrogen-bond acceptors (Lipinski definition) is 5. The highest BCUT2D eigenvalue weighted by molar-refractivity contribution is 5.71. The molecule has 2 rings (SSSR count). The summed E-state index contributed by atoms with van der Waals surface area (Å²) in [6.07, 6.45) is 1.70. The standard InChI is InChI=1S/C13H20N2O3/c1-2-17-13(16)11-15-7-5-14(6-8-15)10-12-4-3-9-18-12/h3-4,9H,2,5-8,10-11H2,1H3. The number of carbonyl (C=O) groups excluding carboxylic acids is 1. The van der Waals surface area contributed by atoms with E-state index in [1.54, 1.807) is 6.26 Å². The number of furan rings is 1. The van der Waals surface area contributed by atoms with Crippen LogP contribution in [0.4, 0.5) is 0 Å². The zero-order valence-electron chi connectivity index (χ0n) is 10.8. The van der Waals surface area contributed by atoms with Crippen LogP contribution in [0.25, 0.3) is 0 Å². The van der Waals surface area contributed by atoms with Crippen molar-refractivity contribution in [2.24, 2.45) is 0 Å². The van der Waals surface area contributed by atoms with Gasteiger partial charge in [-0.25, -0.2) is 0 Å². The third kappa shape index (κ3) is 3.85. The van der Waals surface area contributed by atoms with E-state index in [0.29, 0.717) is 13.2 Å². The fourth-order valence-electron chi connectivity index (χ4n) is 2.12. The van der Waals surface area contributed by atoms with E-state index in [0.717, 1.165) is 38.5 Å². The molecule has 2 heterocycles. The maximum atomic E-state index is 11.4. The van der Waals surface area contributed by atoms with Crippen molar-refractivity contribution in [2.75, 3.05) is 39.3 Å². The number of hydrogen-bond donors (Lipinski definition) is 0. The molecule has 0 spiro atoms. The summed E-state index contributed by atoms with van der Waals surface area (Å²) in [5.74, 6) is 0.867. The molecule has 0 radical (unpaired) electrons. The lowest BCUT2D eigenvalue weighted by molar-refractivity contribution is -0.144. The van der Waals surface area contributed by atoms with Gasteiger partial charge in [0.1, 0.15) is 5.76 Å². The van der Waals surface area contributed by atoms with Crippen LogP contribution in [-0.4, -0.2) is 55.1 Å². The first kappa shape index (κ1) is 13.1. The fraction of sp³-hybridized carbons (Fsp3) is 0.615. The lowest BCUT2D eigenvalue weighted by Gasteiger charge is -2.33. The first-order valence-electron chi connectivity index (χ1n) is 6.40. The van der Waals surface area contributed by atoms with Crippen molar-refractivity contribution < 1.29 is 13.9 Å². The molecule has 1 aromatic heterocycles. The molecule has 1 aliphatic heterocycles. The SMILES string of the molecule is CCOC(=O)CN1CCN(Cc2ccco2)CC1. The van der Waals surface area contributed by atoms with Crippen molar-refractivity contribution in [3.05, 3.63) is 24.2 Å². The van der Waals surface area contributed by atoms with Crippen molar-refractivity contribution in [3.8, 4) is 0 Å². The Kier molecular flexibility index (Phi) is 4.78. The van der Waals surface area contributed by atoms with Crippen LogP contribution in [-0.2, 0) is 16.1 Å². The summed E-state index contributed by atoms with van der Waals surface area (Å²) in [7, 11) is 0. The minimum atomic E-state index is -0.128. The summed E-state index contributed by atoms with van der Waals surface area (Å²) in [4.78, 5) is 15.8. The quantitative estimate of drug-likeness (QED) is 0.730. The monoisotopic (exact) mass is 252 g/mol. The molecule has 0 aromatic carbocycles. The van der Waals surface area contributed by atoms with Crippen LogP contribution in [0, 0.1) is 0 Å². The Morgan fingerprint density at radius 2 is 2.06 bits per heavy atom. The summed E-state index contributed by atoms with van der Waals surface area (Å²) in [6.45, 7) is 7.26. The van der Waals surface area contributed by atoms with Crippen molar-refractivity contribution in [1.82, 2.24) is 9.80 Å². The zero-order valence-corrected chi connectivity index (χ0v) is 10.8. The largest absolute Gasteiger partial charge is 0.468 e. The summed E-state index contributed by atoms with van der Waals surface area (Å²) in [5.41, 5.74) is 0. The van der Waals surface area contributed by atoms with Crippen LogP contribution in [0.15, 0.2) is 22.8 Å². The number of rotatable bonds is 5. The molecule has 5 heteroatoms. The topological polar surface area (TPSA) is 45.9 Å². The normalized spacial score (nSPS) is 17.8. The first-order chi connectivity index (χ1) is 8.78. The molecule has 1 fully saturated rings. The van der Waals surface area contributed by atoms with Crippen LogP contribution in [0.3, 0.4) is 0 Å². The molecule has 5 nitrogen and oxygen atoms in total. The molecule has 0 aliphatic carbocycles. The second kappa shape index (κ2) is 6.56. The third-order valence-corrected chi connectivity index (χ3v) is 3.08. The van der Waals surface area contributed by atoms with Crippen LogP contribution in [0.5, 0.6) is 0 Å². The van der Waals surface area contributed by atoms with Gasteiger partial charge in [-0.3, -0.25) is 14.6 Å². The Bertz CT molecular complexity index is 356. The molecule has 0 atom stereocenters. The molecule has 0 amide bonds. The molecule has 0 unspecified atom stereocenters. The summed E-state index contributed by atoms with van der Waals surface area (Å²) in [5, 5.41) is 0. The molecule has 18 heavy (non-hydrogen) atoms. The van der Waals surface area contributed by atoms with E-state index in [1.165, 1.54) is 0 Å². The number of piperazine rings is 1. The Balaban J connectivity index is 1.69. The molecule has 100 valence electrons. The third-order valence-electron chi connectivity index (χ3n) is 3.08. The lowest BCUT2D eigenvalue weighted by atomic mass is 10.3. The van der Waals surface area contributed by atoms with Gasteiger partial charge in [-0.15, -0.1) is 0 Å². The van der Waals surface area contributed by atoms with E-state index in [4.69, 9.17) is 9.15 Å². The first-order valence-corrected chi connectivity index (χ1v) is 6.40. The Hall–Kier alpha value is -1.33. The molecule has 1 aliphatic rings. The lowest BCUT2D eigenvalue weighted by Crippen LogP contribution is -2.47. The number of nitrogens with zero attached hydrogens (tertiary/aromatic N) is 2. The van der Waals surface area contributed by atoms with E-state index in [2.05, 4.69) is 9.80 Å². The average molecular weight is 252 g/mol. The maximum absolute atomic E-state index is 11.4. The van der Waals surface area contributed by atoms with E-state index < -0.39 is 0 Å². The van der Waals surface area contributed by atoms with Gasteiger partial charge in [0, 0.05) is 26.2 Å². The van der Waals surface area contributed by atoms with E-state index in [1.807, 2.05) is 19.1 Å².